The van der Waals surface area contributed by atoms with Crippen LogP contribution in [0, 0.1) is 0 Å². The number of allylic oxidation sites excluding steroid dienone is 4. The molecule has 0 amide bonds. The Balaban J connectivity index is 1.71. The third kappa shape index (κ3) is 4.03. The maximum absolute atomic E-state index is 12.9. The molecule has 2 aromatic rings. The van der Waals surface area contributed by atoms with Crippen molar-refractivity contribution in [1.82, 2.24) is 0 Å². The second-order valence-corrected chi connectivity index (χ2v) is 7.86. The molecule has 1 unspecified atom stereocenters. The van der Waals surface area contributed by atoms with Gasteiger partial charge in [-0.1, -0.05) is 42.5 Å². The molecule has 5 heteroatoms. The van der Waals surface area contributed by atoms with Crippen LogP contribution in [0.2, 0.25) is 0 Å². The Hall–Kier alpha value is -2.27. The SMILES string of the molecule is FC(F)(F)c1ccc(C2CC(C3=CC=CCC3)=Nc3ccccc3S2)cc1. The number of nitrogens with zero attached hydrogens (tertiary/aromatic N) is 1. The van der Waals surface area contributed by atoms with Gasteiger partial charge in [-0.3, -0.25) is 4.99 Å². The zero-order valence-corrected chi connectivity index (χ0v) is 15.4. The van der Waals surface area contributed by atoms with Gasteiger partial charge in [-0.2, -0.15) is 13.2 Å². The molecule has 1 aliphatic heterocycles. The number of thioether (sulfide) groups is 1. The van der Waals surface area contributed by atoms with Gasteiger partial charge in [0.1, 0.15) is 0 Å². The van der Waals surface area contributed by atoms with Gasteiger partial charge in [0, 0.05) is 22.3 Å². The van der Waals surface area contributed by atoms with Crippen LogP contribution in [0.5, 0.6) is 0 Å². The molecule has 0 bridgehead atoms. The second kappa shape index (κ2) is 7.39. The second-order valence-electron chi connectivity index (χ2n) is 6.62. The van der Waals surface area contributed by atoms with E-state index in [4.69, 9.17) is 4.99 Å². The standard InChI is InChI=1S/C22H18F3NS/c23-22(24,25)17-12-10-16(11-13-17)21-14-19(15-6-2-1-3-7-15)26-18-8-4-5-9-20(18)27-21/h1-2,4-6,8-13,21H,3,7,14H2. The predicted octanol–water partition coefficient (Wildman–Crippen LogP) is 7.29. The summed E-state index contributed by atoms with van der Waals surface area (Å²) in [5, 5.41) is 0.0292. The summed E-state index contributed by atoms with van der Waals surface area (Å²) in [6.45, 7) is 0. The number of hydrogen-bond acceptors (Lipinski definition) is 2. The van der Waals surface area contributed by atoms with Crippen LogP contribution in [0.3, 0.4) is 0 Å². The molecule has 1 aliphatic carbocycles. The van der Waals surface area contributed by atoms with Crippen molar-refractivity contribution in [1.29, 1.82) is 0 Å². The number of rotatable bonds is 2. The van der Waals surface area contributed by atoms with Gasteiger partial charge < -0.3 is 0 Å². The van der Waals surface area contributed by atoms with E-state index in [9.17, 15) is 13.2 Å². The average Bonchev–Trinajstić information content (AvgIpc) is 2.88. The number of aliphatic imine (C=N–C) groups is 1. The predicted molar refractivity (Wildman–Crippen MR) is 105 cm³/mol. The fourth-order valence-corrected chi connectivity index (χ4v) is 4.56. The first-order valence-corrected chi connectivity index (χ1v) is 9.75. The Morgan fingerprint density at radius 2 is 1.78 bits per heavy atom. The quantitative estimate of drug-likeness (QED) is 0.529. The highest BCUT2D eigenvalue weighted by Crippen LogP contribution is 2.46. The lowest BCUT2D eigenvalue weighted by Crippen LogP contribution is -2.09. The number of para-hydroxylation sites is 1. The van der Waals surface area contributed by atoms with Crippen LogP contribution in [-0.4, -0.2) is 5.71 Å². The topological polar surface area (TPSA) is 12.4 Å². The zero-order chi connectivity index (χ0) is 18.9. The Morgan fingerprint density at radius 3 is 2.48 bits per heavy atom. The summed E-state index contributed by atoms with van der Waals surface area (Å²) < 4.78 is 38.7. The minimum atomic E-state index is -4.31. The van der Waals surface area contributed by atoms with Crippen molar-refractivity contribution in [3.8, 4) is 0 Å². The molecule has 4 rings (SSSR count). The molecule has 0 aromatic heterocycles. The number of fused-ring (bicyclic) bond motifs is 1. The molecule has 0 saturated heterocycles. The Kier molecular flexibility index (Phi) is 4.96. The van der Waals surface area contributed by atoms with Gasteiger partial charge in [-0.25, -0.2) is 0 Å². The van der Waals surface area contributed by atoms with E-state index in [0.717, 1.165) is 34.7 Å². The third-order valence-electron chi connectivity index (χ3n) is 4.76. The van der Waals surface area contributed by atoms with E-state index in [-0.39, 0.29) is 5.25 Å². The zero-order valence-electron chi connectivity index (χ0n) is 14.5. The molecular formula is C22H18F3NS. The van der Waals surface area contributed by atoms with Crippen LogP contribution in [0.4, 0.5) is 18.9 Å². The molecule has 1 heterocycles. The Bertz CT molecular complexity index is 923. The molecule has 2 aliphatic rings. The Morgan fingerprint density at radius 1 is 1.00 bits per heavy atom. The van der Waals surface area contributed by atoms with Crippen molar-refractivity contribution in [2.45, 2.75) is 35.6 Å². The van der Waals surface area contributed by atoms with Gasteiger partial charge in [0.2, 0.25) is 0 Å². The van der Waals surface area contributed by atoms with Crippen molar-refractivity contribution in [3.63, 3.8) is 0 Å². The summed E-state index contributed by atoms with van der Waals surface area (Å²) in [6.07, 6.45) is 4.62. The molecule has 138 valence electrons. The summed E-state index contributed by atoms with van der Waals surface area (Å²) in [4.78, 5) is 5.97. The molecule has 1 atom stereocenters. The molecule has 0 fully saturated rings. The summed E-state index contributed by atoms with van der Waals surface area (Å²) in [6, 6.07) is 13.5. The maximum atomic E-state index is 12.9. The van der Waals surface area contributed by atoms with Gasteiger partial charge in [0.15, 0.2) is 0 Å². The number of halogens is 3. The van der Waals surface area contributed by atoms with Gasteiger partial charge >= 0.3 is 6.18 Å². The number of alkyl halides is 3. The van der Waals surface area contributed by atoms with Crippen molar-refractivity contribution in [3.05, 3.63) is 83.5 Å². The average molecular weight is 385 g/mol. The van der Waals surface area contributed by atoms with Crippen LogP contribution in [0.15, 0.2) is 82.2 Å². The van der Waals surface area contributed by atoms with Gasteiger partial charge in [0.25, 0.3) is 0 Å². The lowest BCUT2D eigenvalue weighted by Gasteiger charge is -2.18. The van der Waals surface area contributed by atoms with Crippen molar-refractivity contribution in [2.24, 2.45) is 4.99 Å². The van der Waals surface area contributed by atoms with E-state index in [2.05, 4.69) is 18.2 Å². The molecule has 1 nitrogen and oxygen atoms in total. The largest absolute Gasteiger partial charge is 0.416 e. The van der Waals surface area contributed by atoms with Crippen LogP contribution in [-0.2, 0) is 6.18 Å². The van der Waals surface area contributed by atoms with Crippen molar-refractivity contribution in [2.75, 3.05) is 0 Å². The lowest BCUT2D eigenvalue weighted by molar-refractivity contribution is -0.137. The minimum Gasteiger partial charge on any atom is -0.252 e. The fourth-order valence-electron chi connectivity index (χ4n) is 3.33. The van der Waals surface area contributed by atoms with Gasteiger partial charge in [-0.15, -0.1) is 11.8 Å². The van der Waals surface area contributed by atoms with E-state index in [0.29, 0.717) is 6.42 Å². The minimum absolute atomic E-state index is 0.0292. The van der Waals surface area contributed by atoms with E-state index < -0.39 is 11.7 Å². The van der Waals surface area contributed by atoms with Crippen LogP contribution >= 0.6 is 11.8 Å². The smallest absolute Gasteiger partial charge is 0.252 e. The molecule has 0 radical (unpaired) electrons. The summed E-state index contributed by atoms with van der Waals surface area (Å²) in [7, 11) is 0. The lowest BCUT2D eigenvalue weighted by atomic mass is 9.95. The fraction of sp³-hybridized carbons (Fsp3) is 0.227. The van der Waals surface area contributed by atoms with Crippen LogP contribution in [0.25, 0.3) is 0 Å². The molecule has 0 spiro atoms. The first-order chi connectivity index (χ1) is 13.0. The van der Waals surface area contributed by atoms with E-state index in [1.54, 1.807) is 23.9 Å². The van der Waals surface area contributed by atoms with Gasteiger partial charge in [-0.05, 0) is 48.2 Å². The molecule has 27 heavy (non-hydrogen) atoms. The molecule has 0 saturated carbocycles. The maximum Gasteiger partial charge on any atom is 0.416 e. The highest BCUT2D eigenvalue weighted by Gasteiger charge is 2.31. The first kappa shape index (κ1) is 18.1. The third-order valence-corrected chi connectivity index (χ3v) is 6.09. The van der Waals surface area contributed by atoms with Crippen LogP contribution in [0.1, 0.15) is 35.6 Å². The normalized spacial score (nSPS) is 19.7. The highest BCUT2D eigenvalue weighted by atomic mass is 32.2. The summed E-state index contributed by atoms with van der Waals surface area (Å²) in [5.74, 6) is 0. The molecular weight excluding hydrogens is 367 g/mol. The van der Waals surface area contributed by atoms with E-state index in [1.807, 2.05) is 24.3 Å². The first-order valence-electron chi connectivity index (χ1n) is 8.87. The molecule has 2 aromatic carbocycles. The summed E-state index contributed by atoms with van der Waals surface area (Å²) >= 11 is 1.67. The van der Waals surface area contributed by atoms with Gasteiger partial charge in [0.05, 0.1) is 11.3 Å². The monoisotopic (exact) mass is 385 g/mol. The molecule has 0 N–H and O–H groups in total. The summed E-state index contributed by atoms with van der Waals surface area (Å²) in [5.41, 5.74) is 3.46. The van der Waals surface area contributed by atoms with E-state index in [1.165, 1.54) is 17.7 Å². The highest BCUT2D eigenvalue weighted by molar-refractivity contribution is 7.99. The number of benzene rings is 2. The Labute approximate surface area is 160 Å². The van der Waals surface area contributed by atoms with E-state index >= 15 is 0 Å². The van der Waals surface area contributed by atoms with Crippen LogP contribution < -0.4 is 0 Å². The van der Waals surface area contributed by atoms with Crippen molar-refractivity contribution < 1.29 is 13.2 Å². The van der Waals surface area contributed by atoms with Crippen molar-refractivity contribution >= 4 is 23.2 Å². The number of hydrogen-bond donors (Lipinski definition) is 0.